The predicted octanol–water partition coefficient (Wildman–Crippen LogP) is 4.00. The average molecular weight is 300 g/mol. The Balaban J connectivity index is -0.000000157. The molecule has 0 amide bonds. The largest absolute Gasteiger partial charge is 0.694 e. The van der Waals surface area contributed by atoms with E-state index in [2.05, 4.69) is 0 Å². The van der Waals surface area contributed by atoms with Gasteiger partial charge in [-0.2, -0.15) is 36.4 Å². The van der Waals surface area contributed by atoms with Gasteiger partial charge in [-0.25, -0.2) is 24.3 Å². The molecule has 2 aromatic rings. The van der Waals surface area contributed by atoms with Crippen LogP contribution in [-0.4, -0.2) is 0 Å². The van der Waals surface area contributed by atoms with Gasteiger partial charge in [0.1, 0.15) is 0 Å². The van der Waals surface area contributed by atoms with Crippen molar-refractivity contribution < 1.29 is 26.2 Å². The Morgan fingerprint density at radius 1 is 0.706 bits per heavy atom. The molecule has 0 spiro atoms. The Kier molecular flexibility index (Phi) is 29.8. The van der Waals surface area contributed by atoms with Gasteiger partial charge in [-0.3, -0.25) is 0 Å². The number of rotatable bonds is 0. The van der Waals surface area contributed by atoms with Gasteiger partial charge in [0.25, 0.3) is 0 Å². The number of hydrogen-bond donors (Lipinski definition) is 0. The van der Waals surface area contributed by atoms with Crippen molar-refractivity contribution in [1.29, 1.82) is 0 Å². The van der Waals surface area contributed by atoms with Crippen LogP contribution in [0.3, 0.4) is 0 Å². The first-order valence-corrected chi connectivity index (χ1v) is 4.83. The minimum Gasteiger partial charge on any atom is -0.694 e. The fourth-order valence-corrected chi connectivity index (χ4v) is 0.642. The summed E-state index contributed by atoms with van der Waals surface area (Å²) in [6.07, 6.45) is 11.9. The maximum atomic E-state index is 5.96. The third-order valence-electron chi connectivity index (χ3n) is 1.11. The molecule has 0 atom stereocenters. The quantitative estimate of drug-likeness (QED) is 0.509. The molecule has 2 aromatic carbocycles. The SMILES string of the molecule is [C-]#CC.[C-]#CC.[Zr].c1cc[cH-]c1.c1cc[cH-]c1. The summed E-state index contributed by atoms with van der Waals surface area (Å²) in [5, 5.41) is 0. The summed E-state index contributed by atoms with van der Waals surface area (Å²) in [4.78, 5) is 0. The Labute approximate surface area is 125 Å². The normalized spacial score (nSPS) is 5.65. The van der Waals surface area contributed by atoms with Crippen molar-refractivity contribution in [3.8, 4) is 11.8 Å². The zero-order chi connectivity index (χ0) is 12.5. The predicted molar refractivity (Wildman–Crippen MR) is 69.7 cm³/mol. The summed E-state index contributed by atoms with van der Waals surface area (Å²) >= 11 is 0. The molecular formula is C16H16Zr-4. The van der Waals surface area contributed by atoms with E-state index in [9.17, 15) is 0 Å². The van der Waals surface area contributed by atoms with Crippen molar-refractivity contribution in [1.82, 2.24) is 0 Å². The first kappa shape index (κ1) is 21.0. The Morgan fingerprint density at radius 2 is 0.882 bits per heavy atom. The van der Waals surface area contributed by atoms with E-state index in [0.717, 1.165) is 0 Å². The molecule has 88 valence electrons. The third-order valence-corrected chi connectivity index (χ3v) is 1.11. The second kappa shape index (κ2) is 24.1. The molecule has 0 aliphatic carbocycles. The third kappa shape index (κ3) is 31.3. The first-order valence-electron chi connectivity index (χ1n) is 4.83. The van der Waals surface area contributed by atoms with Crippen LogP contribution in [0.2, 0.25) is 0 Å². The van der Waals surface area contributed by atoms with Gasteiger partial charge in [0, 0.05) is 26.2 Å². The summed E-state index contributed by atoms with van der Waals surface area (Å²) in [6.45, 7) is 3.08. The Hall–Kier alpha value is -1.30. The summed E-state index contributed by atoms with van der Waals surface area (Å²) in [5.41, 5.74) is 0. The Morgan fingerprint density at radius 3 is 0.941 bits per heavy atom. The van der Waals surface area contributed by atoms with Crippen molar-refractivity contribution in [3.63, 3.8) is 0 Å². The van der Waals surface area contributed by atoms with Crippen LogP contribution in [0.15, 0.2) is 60.7 Å². The van der Waals surface area contributed by atoms with E-state index in [-0.39, 0.29) is 26.2 Å². The maximum Gasteiger partial charge on any atom is 0 e. The fourth-order valence-electron chi connectivity index (χ4n) is 0.642. The molecule has 0 fully saturated rings. The minimum absolute atomic E-state index is 0. The molecule has 0 aliphatic heterocycles. The summed E-state index contributed by atoms with van der Waals surface area (Å²) in [7, 11) is 0. The topological polar surface area (TPSA) is 0 Å². The second-order valence-corrected chi connectivity index (χ2v) is 2.42. The van der Waals surface area contributed by atoms with Crippen LogP contribution in [0.4, 0.5) is 0 Å². The van der Waals surface area contributed by atoms with E-state index in [4.69, 9.17) is 12.8 Å². The smallest absolute Gasteiger partial charge is 0 e. The van der Waals surface area contributed by atoms with E-state index in [1.165, 1.54) is 0 Å². The zero-order valence-corrected chi connectivity index (χ0v) is 12.7. The van der Waals surface area contributed by atoms with Crippen LogP contribution in [-0.2, 0) is 26.2 Å². The summed E-state index contributed by atoms with van der Waals surface area (Å²) in [5.74, 6) is 4.00. The van der Waals surface area contributed by atoms with Gasteiger partial charge >= 0.3 is 0 Å². The monoisotopic (exact) mass is 298 g/mol. The molecule has 0 saturated heterocycles. The van der Waals surface area contributed by atoms with E-state index >= 15 is 0 Å². The van der Waals surface area contributed by atoms with Crippen LogP contribution in [0.5, 0.6) is 0 Å². The number of hydrogen-bond acceptors (Lipinski definition) is 0. The Bertz CT molecular complexity index is 268. The minimum atomic E-state index is 0. The van der Waals surface area contributed by atoms with Crippen molar-refractivity contribution in [2.75, 3.05) is 0 Å². The second-order valence-electron chi connectivity index (χ2n) is 2.42. The van der Waals surface area contributed by atoms with Gasteiger partial charge in [-0.05, 0) is 13.8 Å². The van der Waals surface area contributed by atoms with Crippen molar-refractivity contribution >= 4 is 0 Å². The molecule has 0 saturated carbocycles. The van der Waals surface area contributed by atoms with Crippen LogP contribution < -0.4 is 0 Å². The molecule has 2 rings (SSSR count). The molecule has 1 heteroatoms. The van der Waals surface area contributed by atoms with Crippen molar-refractivity contribution in [2.45, 2.75) is 13.8 Å². The van der Waals surface area contributed by atoms with Crippen LogP contribution >= 0.6 is 0 Å². The molecule has 0 nitrogen and oxygen atoms in total. The molecule has 17 heavy (non-hydrogen) atoms. The first-order chi connectivity index (χ1) is 7.83. The van der Waals surface area contributed by atoms with Gasteiger partial charge in [0.2, 0.25) is 0 Å². The van der Waals surface area contributed by atoms with E-state index in [0.29, 0.717) is 0 Å². The van der Waals surface area contributed by atoms with E-state index in [1.807, 2.05) is 72.5 Å². The van der Waals surface area contributed by atoms with Crippen LogP contribution in [0, 0.1) is 24.7 Å². The molecule has 0 aromatic heterocycles. The van der Waals surface area contributed by atoms with Gasteiger partial charge < -0.3 is 24.7 Å². The molecule has 0 radical (unpaired) electrons. The molecule has 0 heterocycles. The molecular weight excluding hydrogens is 283 g/mol. The van der Waals surface area contributed by atoms with Gasteiger partial charge in [-0.1, -0.05) is 0 Å². The molecule has 0 bridgehead atoms. The van der Waals surface area contributed by atoms with Gasteiger partial charge in [-0.15, -0.1) is 0 Å². The summed E-state index contributed by atoms with van der Waals surface area (Å²) < 4.78 is 0. The van der Waals surface area contributed by atoms with Gasteiger partial charge in [0.05, 0.1) is 0 Å². The zero-order valence-electron chi connectivity index (χ0n) is 10.3. The van der Waals surface area contributed by atoms with Crippen LogP contribution in [0.25, 0.3) is 0 Å². The average Bonchev–Trinajstić information content (AvgIpc) is 3.00. The standard InChI is InChI=1S/2C5H5.2C3H3.Zr/c2*1-2-4-5-3-1;2*1-3-2;/h2*1-5H;2*1H3;/q4*-1;. The van der Waals surface area contributed by atoms with Gasteiger partial charge in [0.15, 0.2) is 0 Å². The molecule has 0 N–H and O–H groups in total. The van der Waals surface area contributed by atoms with Crippen molar-refractivity contribution in [3.05, 3.63) is 73.5 Å². The van der Waals surface area contributed by atoms with E-state index in [1.54, 1.807) is 13.8 Å². The molecule has 0 aliphatic rings. The van der Waals surface area contributed by atoms with E-state index < -0.39 is 0 Å². The summed E-state index contributed by atoms with van der Waals surface area (Å²) in [6, 6.07) is 20.0. The van der Waals surface area contributed by atoms with Crippen molar-refractivity contribution in [2.24, 2.45) is 0 Å². The molecule has 0 unspecified atom stereocenters. The fraction of sp³-hybridized carbons (Fsp3) is 0.125. The van der Waals surface area contributed by atoms with Crippen LogP contribution in [0.1, 0.15) is 13.8 Å². The maximum absolute atomic E-state index is 5.96.